The predicted molar refractivity (Wildman–Crippen MR) is 107 cm³/mol. The molecular formula is C21H25NO5S. The third-order valence-electron chi connectivity index (χ3n) is 4.65. The molecular weight excluding hydrogens is 378 g/mol. The SMILES string of the molecule is Cc1ccc(C(=O)[C@@H](C)OC(=O)c2cc(S(=O)(=O)N(C)C)ccc2C)cc1C. The maximum Gasteiger partial charge on any atom is 0.339 e. The Morgan fingerprint density at radius 1 is 0.929 bits per heavy atom. The number of carbonyl (C=O) groups excluding carboxylic acids is 2. The Balaban J connectivity index is 2.26. The van der Waals surface area contributed by atoms with Crippen molar-refractivity contribution < 1.29 is 22.7 Å². The maximum absolute atomic E-state index is 12.6. The second-order valence-electron chi connectivity index (χ2n) is 6.97. The number of aryl methyl sites for hydroxylation is 3. The van der Waals surface area contributed by atoms with E-state index in [2.05, 4.69) is 0 Å². The van der Waals surface area contributed by atoms with Crippen molar-refractivity contribution in [2.75, 3.05) is 14.1 Å². The van der Waals surface area contributed by atoms with E-state index < -0.39 is 22.1 Å². The topological polar surface area (TPSA) is 80.8 Å². The van der Waals surface area contributed by atoms with Crippen LogP contribution in [0.2, 0.25) is 0 Å². The number of carbonyl (C=O) groups is 2. The smallest absolute Gasteiger partial charge is 0.339 e. The number of hydrogen-bond donors (Lipinski definition) is 0. The summed E-state index contributed by atoms with van der Waals surface area (Å²) in [5.74, 6) is -1.05. The van der Waals surface area contributed by atoms with E-state index in [0.29, 0.717) is 11.1 Å². The Hall–Kier alpha value is -2.51. The number of ether oxygens (including phenoxy) is 1. The molecule has 0 amide bonds. The fourth-order valence-electron chi connectivity index (χ4n) is 2.60. The van der Waals surface area contributed by atoms with Gasteiger partial charge in [-0.05, 0) is 62.6 Å². The number of sulfonamides is 1. The molecule has 2 aromatic carbocycles. The van der Waals surface area contributed by atoms with Gasteiger partial charge in [0.1, 0.15) is 0 Å². The summed E-state index contributed by atoms with van der Waals surface area (Å²) in [5, 5.41) is 0. The lowest BCUT2D eigenvalue weighted by Gasteiger charge is -2.16. The predicted octanol–water partition coefficient (Wildman–Crippen LogP) is 3.29. The van der Waals surface area contributed by atoms with Crippen molar-refractivity contribution in [2.45, 2.75) is 38.7 Å². The van der Waals surface area contributed by atoms with Gasteiger partial charge < -0.3 is 4.74 Å². The summed E-state index contributed by atoms with van der Waals surface area (Å²) in [6.07, 6.45) is -0.997. The minimum atomic E-state index is -3.69. The van der Waals surface area contributed by atoms with Crippen LogP contribution in [0.25, 0.3) is 0 Å². The molecule has 0 fully saturated rings. The van der Waals surface area contributed by atoms with Crippen LogP contribution in [-0.4, -0.2) is 44.7 Å². The molecule has 0 aliphatic rings. The van der Waals surface area contributed by atoms with Crippen LogP contribution in [0.1, 0.15) is 44.3 Å². The number of rotatable bonds is 6. The Morgan fingerprint density at radius 2 is 1.54 bits per heavy atom. The number of esters is 1. The van der Waals surface area contributed by atoms with E-state index in [4.69, 9.17) is 4.74 Å². The maximum atomic E-state index is 12.6. The van der Waals surface area contributed by atoms with Crippen LogP contribution < -0.4 is 0 Å². The average molecular weight is 404 g/mol. The molecule has 2 aromatic rings. The zero-order valence-electron chi connectivity index (χ0n) is 16.9. The Bertz CT molecular complexity index is 1030. The second-order valence-corrected chi connectivity index (χ2v) is 9.13. The quantitative estimate of drug-likeness (QED) is 0.546. The van der Waals surface area contributed by atoms with Gasteiger partial charge in [0.15, 0.2) is 6.10 Å². The van der Waals surface area contributed by atoms with E-state index in [1.807, 2.05) is 19.9 Å². The molecule has 0 saturated heterocycles. The standard InChI is InChI=1S/C21H25NO5S/c1-13-7-9-17(11-15(13)3)20(23)16(4)27-21(24)19-12-18(10-8-14(19)2)28(25,26)22(5)6/h7-12,16H,1-6H3/t16-/m1/s1. The number of ketones is 1. The minimum absolute atomic E-state index is 0.0109. The fraction of sp³-hybridized carbons (Fsp3) is 0.333. The number of benzene rings is 2. The van der Waals surface area contributed by atoms with E-state index in [1.165, 1.54) is 33.2 Å². The van der Waals surface area contributed by atoms with Crippen molar-refractivity contribution in [1.82, 2.24) is 4.31 Å². The largest absolute Gasteiger partial charge is 0.451 e. The fourth-order valence-corrected chi connectivity index (χ4v) is 3.53. The van der Waals surface area contributed by atoms with Gasteiger partial charge in [-0.25, -0.2) is 17.5 Å². The molecule has 0 saturated carbocycles. The summed E-state index contributed by atoms with van der Waals surface area (Å²) in [7, 11) is -0.859. The highest BCUT2D eigenvalue weighted by Crippen LogP contribution is 2.20. The first kappa shape index (κ1) is 21.8. The molecule has 0 unspecified atom stereocenters. The first-order valence-electron chi connectivity index (χ1n) is 8.80. The van der Waals surface area contributed by atoms with Crippen molar-refractivity contribution in [3.8, 4) is 0 Å². The van der Waals surface area contributed by atoms with Crippen molar-refractivity contribution in [2.24, 2.45) is 0 Å². The van der Waals surface area contributed by atoms with E-state index in [9.17, 15) is 18.0 Å². The molecule has 0 heterocycles. The lowest BCUT2D eigenvalue weighted by Crippen LogP contribution is -2.26. The Morgan fingerprint density at radius 3 is 2.11 bits per heavy atom. The lowest BCUT2D eigenvalue weighted by atomic mass is 10.0. The van der Waals surface area contributed by atoms with Gasteiger partial charge in [-0.3, -0.25) is 4.79 Å². The first-order valence-corrected chi connectivity index (χ1v) is 10.2. The Labute approximate surface area is 166 Å². The molecule has 0 N–H and O–H groups in total. The minimum Gasteiger partial charge on any atom is -0.451 e. The van der Waals surface area contributed by atoms with Gasteiger partial charge in [-0.2, -0.15) is 0 Å². The molecule has 0 aromatic heterocycles. The van der Waals surface area contributed by atoms with Gasteiger partial charge in [0, 0.05) is 19.7 Å². The highest BCUT2D eigenvalue weighted by Gasteiger charge is 2.24. The van der Waals surface area contributed by atoms with Crippen molar-refractivity contribution in [3.63, 3.8) is 0 Å². The highest BCUT2D eigenvalue weighted by molar-refractivity contribution is 7.89. The van der Waals surface area contributed by atoms with E-state index in [-0.39, 0.29) is 16.2 Å². The Kier molecular flexibility index (Phi) is 6.41. The van der Waals surface area contributed by atoms with Crippen LogP contribution in [0.3, 0.4) is 0 Å². The summed E-state index contributed by atoms with van der Waals surface area (Å²) < 4.78 is 31.0. The monoisotopic (exact) mass is 403 g/mol. The molecule has 2 rings (SSSR count). The summed E-state index contributed by atoms with van der Waals surface area (Å²) in [4.78, 5) is 25.2. The van der Waals surface area contributed by atoms with Crippen molar-refractivity contribution >= 4 is 21.8 Å². The molecule has 0 aliphatic heterocycles. The number of Topliss-reactive ketones (excluding diaryl/α,β-unsaturated/α-hetero) is 1. The van der Waals surface area contributed by atoms with Crippen LogP contribution in [0.15, 0.2) is 41.3 Å². The molecule has 0 aliphatic carbocycles. The highest BCUT2D eigenvalue weighted by atomic mass is 32.2. The molecule has 150 valence electrons. The second kappa shape index (κ2) is 8.24. The van der Waals surface area contributed by atoms with E-state index in [0.717, 1.165) is 15.4 Å². The third-order valence-corrected chi connectivity index (χ3v) is 6.46. The molecule has 7 heteroatoms. The normalized spacial score (nSPS) is 12.7. The molecule has 6 nitrogen and oxygen atoms in total. The number of nitrogens with zero attached hydrogens (tertiary/aromatic N) is 1. The van der Waals surface area contributed by atoms with Crippen LogP contribution in [0.5, 0.6) is 0 Å². The van der Waals surface area contributed by atoms with Crippen LogP contribution in [0.4, 0.5) is 0 Å². The van der Waals surface area contributed by atoms with Crippen LogP contribution in [-0.2, 0) is 14.8 Å². The van der Waals surface area contributed by atoms with E-state index in [1.54, 1.807) is 25.1 Å². The zero-order chi connectivity index (χ0) is 21.2. The summed E-state index contributed by atoms with van der Waals surface area (Å²) >= 11 is 0. The summed E-state index contributed by atoms with van der Waals surface area (Å²) in [6, 6.07) is 9.56. The van der Waals surface area contributed by atoms with Gasteiger partial charge in [0.2, 0.25) is 15.8 Å². The van der Waals surface area contributed by atoms with Gasteiger partial charge in [-0.1, -0.05) is 18.2 Å². The molecule has 0 bridgehead atoms. The van der Waals surface area contributed by atoms with Gasteiger partial charge in [0.05, 0.1) is 10.5 Å². The average Bonchev–Trinajstić information content (AvgIpc) is 2.63. The number of hydrogen-bond acceptors (Lipinski definition) is 5. The third kappa shape index (κ3) is 4.48. The summed E-state index contributed by atoms with van der Waals surface area (Å²) in [5.41, 5.74) is 3.18. The van der Waals surface area contributed by atoms with Gasteiger partial charge >= 0.3 is 5.97 Å². The first-order chi connectivity index (χ1) is 12.9. The van der Waals surface area contributed by atoms with E-state index >= 15 is 0 Å². The lowest BCUT2D eigenvalue weighted by molar-refractivity contribution is 0.0318. The van der Waals surface area contributed by atoms with Crippen LogP contribution >= 0.6 is 0 Å². The molecule has 1 atom stereocenters. The van der Waals surface area contributed by atoms with Crippen molar-refractivity contribution in [3.05, 3.63) is 64.2 Å². The van der Waals surface area contributed by atoms with Crippen LogP contribution in [0, 0.1) is 20.8 Å². The zero-order valence-corrected chi connectivity index (χ0v) is 17.8. The van der Waals surface area contributed by atoms with Crippen molar-refractivity contribution in [1.29, 1.82) is 0 Å². The molecule has 28 heavy (non-hydrogen) atoms. The summed E-state index contributed by atoms with van der Waals surface area (Å²) in [6.45, 7) is 7.04. The van der Waals surface area contributed by atoms with Gasteiger partial charge in [0.25, 0.3) is 0 Å². The van der Waals surface area contributed by atoms with Gasteiger partial charge in [-0.15, -0.1) is 0 Å². The molecule has 0 radical (unpaired) electrons. The molecule has 0 spiro atoms.